The molecule has 0 aromatic heterocycles. The zero-order valence-corrected chi connectivity index (χ0v) is 13.7. The smallest absolute Gasteiger partial charge is 0.236 e. The third-order valence-electron chi connectivity index (χ3n) is 4.55. The first-order valence-corrected chi connectivity index (χ1v) is 7.34. The van der Waals surface area contributed by atoms with E-state index in [0.29, 0.717) is 6.54 Å². The fraction of sp³-hybridized carbons (Fsp3) is 0.412. The molecule has 2 heterocycles. The number of carbonyl (C=O) groups excluding carboxylic acids is 1. The Balaban J connectivity index is 2.02. The van der Waals surface area contributed by atoms with E-state index in [2.05, 4.69) is 23.2 Å². The summed E-state index contributed by atoms with van der Waals surface area (Å²) >= 11 is 0. The molecule has 1 aromatic rings. The predicted octanol–water partition coefficient (Wildman–Crippen LogP) is 2.58. The highest BCUT2D eigenvalue weighted by molar-refractivity contribution is 6.07. The first-order valence-electron chi connectivity index (χ1n) is 7.34. The first kappa shape index (κ1) is 14.8. The Hall–Kier alpha value is -2.14. The molecule has 5 heteroatoms. The van der Waals surface area contributed by atoms with E-state index >= 15 is 0 Å². The lowest BCUT2D eigenvalue weighted by Gasteiger charge is -2.25. The van der Waals surface area contributed by atoms with Gasteiger partial charge in [-0.2, -0.15) is 0 Å². The van der Waals surface area contributed by atoms with Crippen molar-refractivity contribution in [1.29, 1.82) is 0 Å². The lowest BCUT2D eigenvalue weighted by Crippen LogP contribution is -2.33. The maximum atomic E-state index is 12.4. The summed E-state index contributed by atoms with van der Waals surface area (Å²) in [7, 11) is 3.47. The fourth-order valence-electron chi connectivity index (χ4n) is 3.09. The van der Waals surface area contributed by atoms with Crippen LogP contribution in [0.3, 0.4) is 0 Å². The highest BCUT2D eigenvalue weighted by Gasteiger charge is 2.42. The topological polar surface area (TPSA) is 45.1 Å². The minimum absolute atomic E-state index is 0.129. The van der Waals surface area contributed by atoms with Crippen molar-refractivity contribution in [2.45, 2.75) is 26.2 Å². The fourth-order valence-corrected chi connectivity index (χ4v) is 3.09. The Kier molecular flexibility index (Phi) is 3.33. The normalized spacial score (nSPS) is 20.0. The lowest BCUT2D eigenvalue weighted by atomic mass is 9.85. The van der Waals surface area contributed by atoms with Crippen molar-refractivity contribution in [3.05, 3.63) is 35.5 Å². The minimum Gasteiger partial charge on any atom is -0.314 e. The summed E-state index contributed by atoms with van der Waals surface area (Å²) in [6.45, 7) is 6.50. The van der Waals surface area contributed by atoms with E-state index in [0.717, 1.165) is 28.2 Å². The summed E-state index contributed by atoms with van der Waals surface area (Å²) < 4.78 is 0. The number of amidine groups is 1. The van der Waals surface area contributed by atoms with Gasteiger partial charge in [0.25, 0.3) is 0 Å². The van der Waals surface area contributed by atoms with Gasteiger partial charge in [-0.05, 0) is 43.5 Å². The largest absolute Gasteiger partial charge is 0.314 e. The molecule has 22 heavy (non-hydrogen) atoms. The number of carbonyl (C=O) groups is 1. The van der Waals surface area contributed by atoms with Gasteiger partial charge in [0, 0.05) is 18.9 Å². The van der Waals surface area contributed by atoms with E-state index in [9.17, 15) is 4.79 Å². The number of likely N-dealkylation sites (N-methyl/N-ethyl adjacent to an activating group) is 1. The average molecular weight is 299 g/mol. The standard InChI is InChI=1S/C17H21N3O2/c1-11-18-9-13(10-20(11)22-5)12-6-7-14-15(8-12)19(4)16(21)17(14,2)3/h6-9H,10H2,1-5H3. The molecule has 0 atom stereocenters. The second kappa shape index (κ2) is 4.95. The number of fused-ring (bicyclic) bond motifs is 1. The van der Waals surface area contributed by atoms with Gasteiger partial charge in [-0.3, -0.25) is 9.63 Å². The van der Waals surface area contributed by atoms with Gasteiger partial charge in [-0.25, -0.2) is 10.1 Å². The molecule has 3 rings (SSSR count). The van der Waals surface area contributed by atoms with Crippen molar-refractivity contribution < 1.29 is 9.63 Å². The maximum absolute atomic E-state index is 12.4. The zero-order chi connectivity index (χ0) is 16.1. The number of hydrogen-bond acceptors (Lipinski definition) is 4. The van der Waals surface area contributed by atoms with Crippen molar-refractivity contribution in [3.8, 4) is 0 Å². The molecule has 0 bridgehead atoms. The number of amides is 1. The van der Waals surface area contributed by atoms with Crippen molar-refractivity contribution in [2.75, 3.05) is 25.6 Å². The quantitative estimate of drug-likeness (QED) is 0.843. The van der Waals surface area contributed by atoms with Crippen LogP contribution in [0.5, 0.6) is 0 Å². The number of rotatable bonds is 2. The van der Waals surface area contributed by atoms with Crippen LogP contribution in [0.25, 0.3) is 5.57 Å². The summed E-state index contributed by atoms with van der Waals surface area (Å²) in [5, 5.41) is 1.75. The molecule has 0 spiro atoms. The number of benzene rings is 1. The molecular formula is C17H21N3O2. The molecule has 0 N–H and O–H groups in total. The van der Waals surface area contributed by atoms with Crippen LogP contribution in [-0.4, -0.2) is 37.5 Å². The Morgan fingerprint density at radius 2 is 2.05 bits per heavy atom. The Labute approximate surface area is 130 Å². The van der Waals surface area contributed by atoms with Gasteiger partial charge in [0.1, 0.15) is 5.84 Å². The second-order valence-corrected chi connectivity index (χ2v) is 6.27. The summed E-state index contributed by atoms with van der Waals surface area (Å²) in [6, 6.07) is 6.18. The molecule has 0 fully saturated rings. The van der Waals surface area contributed by atoms with E-state index < -0.39 is 5.41 Å². The lowest BCUT2D eigenvalue weighted by molar-refractivity contribution is -0.121. The molecule has 0 radical (unpaired) electrons. The minimum atomic E-state index is -0.461. The summed E-state index contributed by atoms with van der Waals surface area (Å²) in [5.74, 6) is 0.963. The number of aliphatic imine (C=N–C) groups is 1. The maximum Gasteiger partial charge on any atom is 0.236 e. The second-order valence-electron chi connectivity index (χ2n) is 6.27. The third-order valence-corrected chi connectivity index (χ3v) is 4.55. The van der Waals surface area contributed by atoms with Gasteiger partial charge < -0.3 is 4.90 Å². The van der Waals surface area contributed by atoms with Crippen LogP contribution in [0.4, 0.5) is 5.69 Å². The average Bonchev–Trinajstić information content (AvgIpc) is 2.68. The van der Waals surface area contributed by atoms with Gasteiger partial charge in [0.2, 0.25) is 5.91 Å². The molecule has 0 aliphatic carbocycles. The van der Waals surface area contributed by atoms with Gasteiger partial charge in [0.05, 0.1) is 19.1 Å². The first-order chi connectivity index (χ1) is 10.4. The zero-order valence-electron chi connectivity index (χ0n) is 13.7. The van der Waals surface area contributed by atoms with Crippen molar-refractivity contribution >= 4 is 23.0 Å². The molecule has 2 aliphatic heterocycles. The molecule has 5 nitrogen and oxygen atoms in total. The van der Waals surface area contributed by atoms with Gasteiger partial charge in [-0.15, -0.1) is 0 Å². The van der Waals surface area contributed by atoms with Crippen LogP contribution in [0.15, 0.2) is 29.4 Å². The van der Waals surface area contributed by atoms with Crippen LogP contribution in [0, 0.1) is 0 Å². The molecule has 116 valence electrons. The van der Waals surface area contributed by atoms with Crippen LogP contribution in [-0.2, 0) is 15.0 Å². The van der Waals surface area contributed by atoms with Crippen molar-refractivity contribution in [1.82, 2.24) is 5.06 Å². The molecule has 0 saturated carbocycles. The van der Waals surface area contributed by atoms with Crippen molar-refractivity contribution in [2.24, 2.45) is 4.99 Å². The molecule has 2 aliphatic rings. The highest BCUT2D eigenvalue weighted by atomic mass is 16.7. The molecule has 0 unspecified atom stereocenters. The van der Waals surface area contributed by atoms with E-state index in [-0.39, 0.29) is 5.91 Å². The predicted molar refractivity (Wildman–Crippen MR) is 87.7 cm³/mol. The molecule has 1 amide bonds. The monoisotopic (exact) mass is 299 g/mol. The Bertz CT molecular complexity index is 704. The summed E-state index contributed by atoms with van der Waals surface area (Å²) in [5.41, 5.74) is 3.72. The van der Waals surface area contributed by atoms with Gasteiger partial charge >= 0.3 is 0 Å². The number of nitrogens with zero attached hydrogens (tertiary/aromatic N) is 3. The summed E-state index contributed by atoms with van der Waals surface area (Å²) in [4.78, 5) is 23.8. The Morgan fingerprint density at radius 1 is 1.32 bits per heavy atom. The van der Waals surface area contributed by atoms with Crippen LogP contribution < -0.4 is 4.90 Å². The summed E-state index contributed by atoms with van der Waals surface area (Å²) in [6.07, 6.45) is 1.87. The number of hydroxylamine groups is 2. The van der Waals surface area contributed by atoms with E-state index in [1.54, 1.807) is 17.1 Å². The van der Waals surface area contributed by atoms with Crippen molar-refractivity contribution in [3.63, 3.8) is 0 Å². The van der Waals surface area contributed by atoms with Crippen LogP contribution >= 0.6 is 0 Å². The third kappa shape index (κ3) is 2.04. The molecule has 0 saturated heterocycles. The Morgan fingerprint density at radius 3 is 2.73 bits per heavy atom. The van der Waals surface area contributed by atoms with Crippen LogP contribution in [0.1, 0.15) is 31.9 Å². The van der Waals surface area contributed by atoms with E-state index in [1.807, 2.05) is 34.0 Å². The van der Waals surface area contributed by atoms with Gasteiger partial charge in [-0.1, -0.05) is 12.1 Å². The molecular weight excluding hydrogens is 278 g/mol. The SMILES string of the molecule is CON1CC(c2ccc3c(c2)N(C)C(=O)C3(C)C)=CN=C1C. The van der Waals surface area contributed by atoms with E-state index in [1.165, 1.54) is 0 Å². The van der Waals surface area contributed by atoms with Crippen LogP contribution in [0.2, 0.25) is 0 Å². The number of hydrogen-bond donors (Lipinski definition) is 0. The van der Waals surface area contributed by atoms with Gasteiger partial charge in [0.15, 0.2) is 0 Å². The highest BCUT2D eigenvalue weighted by Crippen LogP contribution is 2.42. The number of anilines is 1. The van der Waals surface area contributed by atoms with E-state index in [4.69, 9.17) is 4.84 Å². The molecule has 1 aromatic carbocycles.